The summed E-state index contributed by atoms with van der Waals surface area (Å²) in [4.78, 5) is 57.4. The summed E-state index contributed by atoms with van der Waals surface area (Å²) in [6.45, 7) is 8.51. The van der Waals surface area contributed by atoms with Crippen molar-refractivity contribution < 1.29 is 29.0 Å². The summed E-state index contributed by atoms with van der Waals surface area (Å²) in [5.41, 5.74) is 3.83. The van der Waals surface area contributed by atoms with Crippen molar-refractivity contribution in [2.24, 2.45) is 11.8 Å². The third-order valence-corrected chi connectivity index (χ3v) is 8.53. The molecular weight excluding hydrogens is 630 g/mol. The average molecular weight is 680 g/mol. The molecule has 0 bridgehead atoms. The SMILES string of the molecule is CCC(C)CNC(=O)CC(O)C(CC(C)C)NC(=O)[C@H](Cc1cscn1)NC(=O)[C@H](Cc1ccccc1)NC(=O)OCc1ccccc1. The van der Waals surface area contributed by atoms with E-state index in [9.17, 15) is 24.3 Å². The first-order valence-electron chi connectivity index (χ1n) is 16.5. The zero-order valence-electron chi connectivity index (χ0n) is 28.2. The summed E-state index contributed by atoms with van der Waals surface area (Å²) in [5.74, 6) is -1.02. The van der Waals surface area contributed by atoms with Crippen LogP contribution in [0, 0.1) is 11.8 Å². The molecule has 2 aromatic carbocycles. The first-order valence-corrected chi connectivity index (χ1v) is 17.4. The van der Waals surface area contributed by atoms with Gasteiger partial charge in [-0.1, -0.05) is 94.8 Å². The van der Waals surface area contributed by atoms with Gasteiger partial charge in [0.15, 0.2) is 0 Å². The number of aliphatic hydroxyl groups excluding tert-OH is 1. The quantitative estimate of drug-likeness (QED) is 0.127. The van der Waals surface area contributed by atoms with E-state index in [1.165, 1.54) is 11.3 Å². The Morgan fingerprint density at radius 1 is 0.854 bits per heavy atom. The highest BCUT2D eigenvalue weighted by Gasteiger charge is 2.31. The van der Waals surface area contributed by atoms with E-state index in [-0.39, 0.29) is 37.7 Å². The van der Waals surface area contributed by atoms with Crippen LogP contribution in [0.4, 0.5) is 4.79 Å². The minimum atomic E-state index is -1.14. The van der Waals surface area contributed by atoms with Crippen LogP contribution < -0.4 is 21.3 Å². The Morgan fingerprint density at radius 3 is 2.08 bits per heavy atom. The van der Waals surface area contributed by atoms with Crippen molar-refractivity contribution in [3.8, 4) is 0 Å². The topological polar surface area (TPSA) is 159 Å². The smallest absolute Gasteiger partial charge is 0.408 e. The van der Waals surface area contributed by atoms with Gasteiger partial charge in [0.25, 0.3) is 0 Å². The van der Waals surface area contributed by atoms with Crippen molar-refractivity contribution in [1.82, 2.24) is 26.3 Å². The first kappa shape index (κ1) is 38.2. The molecule has 0 saturated heterocycles. The lowest BCUT2D eigenvalue weighted by molar-refractivity contribution is -0.131. The zero-order valence-corrected chi connectivity index (χ0v) is 29.0. The molecule has 1 heterocycles. The van der Waals surface area contributed by atoms with Gasteiger partial charge >= 0.3 is 6.09 Å². The summed E-state index contributed by atoms with van der Waals surface area (Å²) < 4.78 is 5.39. The lowest BCUT2D eigenvalue weighted by atomic mass is 9.96. The minimum absolute atomic E-state index is 0.0242. The molecule has 260 valence electrons. The third kappa shape index (κ3) is 13.8. The van der Waals surface area contributed by atoms with Crippen LogP contribution in [-0.2, 0) is 38.6 Å². The van der Waals surface area contributed by atoms with E-state index in [0.29, 0.717) is 24.6 Å². The molecule has 0 spiro atoms. The normalized spacial score (nSPS) is 14.2. The molecule has 0 fully saturated rings. The second-order valence-corrected chi connectivity index (χ2v) is 13.2. The molecule has 5 N–H and O–H groups in total. The van der Waals surface area contributed by atoms with Gasteiger partial charge < -0.3 is 31.1 Å². The second kappa shape index (κ2) is 20.2. The van der Waals surface area contributed by atoms with Crippen molar-refractivity contribution in [2.45, 2.75) is 90.6 Å². The van der Waals surface area contributed by atoms with E-state index in [1.807, 2.05) is 88.4 Å². The van der Waals surface area contributed by atoms with Crippen molar-refractivity contribution in [3.63, 3.8) is 0 Å². The highest BCUT2D eigenvalue weighted by molar-refractivity contribution is 7.07. The molecule has 4 amide bonds. The number of thiazole rings is 1. The Balaban J connectivity index is 1.76. The minimum Gasteiger partial charge on any atom is -0.445 e. The van der Waals surface area contributed by atoms with Gasteiger partial charge in [0.2, 0.25) is 17.7 Å². The molecule has 3 rings (SSSR count). The van der Waals surface area contributed by atoms with Gasteiger partial charge in [-0.05, 0) is 29.4 Å². The number of nitrogens with zero attached hydrogens (tertiary/aromatic N) is 1. The molecular formula is C36H49N5O6S. The molecule has 12 heteroatoms. The van der Waals surface area contributed by atoms with Crippen molar-refractivity contribution in [3.05, 3.63) is 88.4 Å². The molecule has 48 heavy (non-hydrogen) atoms. The van der Waals surface area contributed by atoms with Gasteiger partial charge in [-0.3, -0.25) is 14.4 Å². The van der Waals surface area contributed by atoms with Crippen LogP contribution in [0.2, 0.25) is 0 Å². The number of benzene rings is 2. The number of rotatable bonds is 19. The van der Waals surface area contributed by atoms with Crippen LogP contribution in [0.1, 0.15) is 63.8 Å². The van der Waals surface area contributed by atoms with Gasteiger partial charge in [-0.15, -0.1) is 11.3 Å². The number of aliphatic hydroxyl groups is 1. The Labute approximate surface area is 287 Å². The van der Waals surface area contributed by atoms with Crippen molar-refractivity contribution in [1.29, 1.82) is 0 Å². The fraction of sp³-hybridized carbons (Fsp3) is 0.472. The van der Waals surface area contributed by atoms with Gasteiger partial charge in [-0.25, -0.2) is 9.78 Å². The Kier molecular flexibility index (Phi) is 16.0. The standard InChI is InChI=1S/C36H49N5O6S/c1-5-25(4)20-37-33(43)19-32(42)29(16-24(2)3)39-35(45)31(18-28-22-48-23-38-28)40-34(44)30(17-26-12-8-6-9-13-26)41-36(46)47-21-27-14-10-7-11-15-27/h6-15,22-25,29-32,42H,5,16-21H2,1-4H3,(H,37,43)(H,39,45)(H,40,44)(H,41,46)/t25?,29?,30-,31-,32?/m0/s1. The van der Waals surface area contributed by atoms with Crippen LogP contribution in [0.3, 0.4) is 0 Å². The molecule has 1 aromatic heterocycles. The van der Waals surface area contributed by atoms with E-state index >= 15 is 0 Å². The zero-order chi connectivity index (χ0) is 34.9. The molecule has 3 unspecified atom stereocenters. The molecule has 5 atom stereocenters. The molecule has 0 aliphatic heterocycles. The van der Waals surface area contributed by atoms with Crippen molar-refractivity contribution in [2.75, 3.05) is 6.54 Å². The number of hydrogen-bond donors (Lipinski definition) is 5. The van der Waals surface area contributed by atoms with Gasteiger partial charge in [-0.2, -0.15) is 0 Å². The van der Waals surface area contributed by atoms with Crippen LogP contribution in [0.5, 0.6) is 0 Å². The Hall–Kier alpha value is -4.29. The molecule has 3 aromatic rings. The largest absolute Gasteiger partial charge is 0.445 e. The number of carbonyl (C=O) groups is 4. The predicted molar refractivity (Wildman–Crippen MR) is 186 cm³/mol. The molecule has 0 saturated carbocycles. The maximum atomic E-state index is 13.8. The maximum Gasteiger partial charge on any atom is 0.408 e. The van der Waals surface area contributed by atoms with E-state index in [2.05, 4.69) is 26.3 Å². The van der Waals surface area contributed by atoms with Crippen LogP contribution in [0.25, 0.3) is 0 Å². The number of carbonyl (C=O) groups excluding carboxylic acids is 4. The van der Waals surface area contributed by atoms with Gasteiger partial charge in [0, 0.05) is 24.8 Å². The average Bonchev–Trinajstić information content (AvgIpc) is 3.59. The lowest BCUT2D eigenvalue weighted by Gasteiger charge is -2.29. The fourth-order valence-electron chi connectivity index (χ4n) is 4.94. The highest BCUT2D eigenvalue weighted by atomic mass is 32.1. The third-order valence-electron chi connectivity index (χ3n) is 7.89. The summed E-state index contributed by atoms with van der Waals surface area (Å²) in [6, 6.07) is 15.5. The molecule has 0 aliphatic carbocycles. The van der Waals surface area contributed by atoms with E-state index in [4.69, 9.17) is 4.74 Å². The van der Waals surface area contributed by atoms with Gasteiger partial charge in [0.05, 0.1) is 29.8 Å². The van der Waals surface area contributed by atoms with E-state index in [0.717, 1.165) is 17.5 Å². The number of aromatic nitrogens is 1. The summed E-state index contributed by atoms with van der Waals surface area (Å²) in [5, 5.41) is 24.1. The predicted octanol–water partition coefficient (Wildman–Crippen LogP) is 4.15. The summed E-state index contributed by atoms with van der Waals surface area (Å²) in [6.07, 6.45) is -0.536. The van der Waals surface area contributed by atoms with E-state index < -0.39 is 42.1 Å². The number of nitrogens with one attached hydrogen (secondary N) is 4. The molecule has 0 radical (unpaired) electrons. The second-order valence-electron chi connectivity index (χ2n) is 12.5. The number of alkyl carbamates (subject to hydrolysis) is 1. The molecule has 0 aliphatic rings. The summed E-state index contributed by atoms with van der Waals surface area (Å²) >= 11 is 1.36. The Morgan fingerprint density at radius 2 is 1.48 bits per heavy atom. The number of hydrogen-bond acceptors (Lipinski definition) is 8. The monoisotopic (exact) mass is 679 g/mol. The molecule has 11 nitrogen and oxygen atoms in total. The van der Waals surface area contributed by atoms with Crippen LogP contribution in [-0.4, -0.2) is 64.7 Å². The maximum absolute atomic E-state index is 13.8. The van der Waals surface area contributed by atoms with Gasteiger partial charge in [0.1, 0.15) is 18.7 Å². The Bertz CT molecular complexity index is 1410. The fourth-order valence-corrected chi connectivity index (χ4v) is 5.51. The van der Waals surface area contributed by atoms with E-state index in [1.54, 1.807) is 10.9 Å². The van der Waals surface area contributed by atoms with Crippen LogP contribution >= 0.6 is 11.3 Å². The van der Waals surface area contributed by atoms with Crippen molar-refractivity contribution >= 4 is 35.2 Å². The lowest BCUT2D eigenvalue weighted by Crippen LogP contribution is -2.57. The number of ether oxygens (including phenoxy) is 1. The summed E-state index contributed by atoms with van der Waals surface area (Å²) in [7, 11) is 0. The van der Waals surface area contributed by atoms with Crippen LogP contribution in [0.15, 0.2) is 71.6 Å². The highest BCUT2D eigenvalue weighted by Crippen LogP contribution is 2.14. The number of amides is 4. The first-order chi connectivity index (χ1) is 23.0.